The number of hydrogen-bond acceptors (Lipinski definition) is 8. The Morgan fingerprint density at radius 2 is 2.04 bits per heavy atom. The van der Waals surface area contributed by atoms with Gasteiger partial charge in [0.25, 0.3) is 0 Å². The second-order valence-electron chi connectivity index (χ2n) is 6.01. The van der Waals surface area contributed by atoms with E-state index in [1.54, 1.807) is 11.8 Å². The molecule has 1 aromatic heterocycles. The lowest BCUT2D eigenvalue weighted by Crippen LogP contribution is -2.50. The van der Waals surface area contributed by atoms with Crippen LogP contribution in [0.3, 0.4) is 0 Å². The highest BCUT2D eigenvalue weighted by atomic mass is 32.2. The fraction of sp³-hybridized carbons (Fsp3) is 0.800. The Bertz CT molecular complexity index is 528. The molecule has 0 bridgehead atoms. The summed E-state index contributed by atoms with van der Waals surface area (Å²) in [6, 6.07) is 0.644. The third kappa shape index (κ3) is 5.13. The highest BCUT2D eigenvalue weighted by Gasteiger charge is 2.26. The van der Waals surface area contributed by atoms with E-state index in [2.05, 4.69) is 32.2 Å². The van der Waals surface area contributed by atoms with Crippen LogP contribution in [0.1, 0.15) is 19.8 Å². The van der Waals surface area contributed by atoms with Gasteiger partial charge < -0.3 is 4.74 Å². The Hall–Kier alpha value is -0.740. The molecule has 1 aromatic rings. The van der Waals surface area contributed by atoms with Crippen LogP contribution in [0.5, 0.6) is 0 Å². The van der Waals surface area contributed by atoms with Gasteiger partial charge in [-0.15, -0.1) is 10.2 Å². The van der Waals surface area contributed by atoms with E-state index < -0.39 is 0 Å². The molecule has 3 rings (SSSR count). The zero-order valence-corrected chi connectivity index (χ0v) is 15.7. The van der Waals surface area contributed by atoms with Crippen LogP contribution in [0.2, 0.25) is 0 Å². The summed E-state index contributed by atoms with van der Waals surface area (Å²) in [5.41, 5.74) is 0. The first-order chi connectivity index (χ1) is 11.7. The second kappa shape index (κ2) is 9.10. The van der Waals surface area contributed by atoms with Gasteiger partial charge in [0.05, 0.1) is 19.8 Å². The predicted molar refractivity (Wildman–Crippen MR) is 96.8 cm³/mol. The number of hydrogen-bond donors (Lipinski definition) is 1. The molecule has 1 N–H and O–H groups in total. The number of amides is 1. The Morgan fingerprint density at radius 3 is 2.75 bits per heavy atom. The van der Waals surface area contributed by atoms with E-state index in [-0.39, 0.29) is 5.91 Å². The number of thioether (sulfide) groups is 1. The smallest absolute Gasteiger partial charge is 0.240 e. The number of nitrogens with zero attached hydrogens (tertiary/aromatic N) is 4. The molecule has 2 aliphatic rings. The third-order valence-corrected chi connectivity index (χ3v) is 6.26. The van der Waals surface area contributed by atoms with E-state index in [0.717, 1.165) is 62.3 Å². The van der Waals surface area contributed by atoms with Crippen molar-refractivity contribution in [1.29, 1.82) is 0 Å². The normalized spacial score (nSPS) is 21.0. The summed E-state index contributed by atoms with van der Waals surface area (Å²) in [5, 5.41) is 11.5. The largest absolute Gasteiger partial charge is 0.379 e. The number of nitrogens with one attached hydrogen (secondary N) is 1. The molecule has 24 heavy (non-hydrogen) atoms. The van der Waals surface area contributed by atoms with Crippen LogP contribution < -0.4 is 5.32 Å². The number of ether oxygens (including phenoxy) is 1. The molecule has 0 saturated carbocycles. The molecule has 134 valence electrons. The molecule has 7 nitrogen and oxygen atoms in total. The molecule has 0 unspecified atom stereocenters. The first kappa shape index (κ1) is 18.1. The number of rotatable bonds is 6. The van der Waals surface area contributed by atoms with Crippen LogP contribution >= 0.6 is 23.1 Å². The van der Waals surface area contributed by atoms with Crippen LogP contribution in [0, 0.1) is 0 Å². The minimum absolute atomic E-state index is 0.00372. The van der Waals surface area contributed by atoms with Crippen LogP contribution in [0.4, 0.5) is 5.13 Å². The number of carbonyl (C=O) groups excluding carboxylic acids is 1. The predicted octanol–water partition coefficient (Wildman–Crippen LogP) is 1.39. The third-order valence-electron chi connectivity index (χ3n) is 4.41. The van der Waals surface area contributed by atoms with Crippen molar-refractivity contribution in [3.63, 3.8) is 0 Å². The molecule has 1 amide bonds. The van der Waals surface area contributed by atoms with Crippen molar-refractivity contribution in [3.8, 4) is 0 Å². The maximum absolute atomic E-state index is 12.2. The zero-order chi connectivity index (χ0) is 16.8. The highest BCUT2D eigenvalue weighted by Crippen LogP contribution is 2.25. The first-order valence-corrected chi connectivity index (χ1v) is 10.3. The molecule has 2 saturated heterocycles. The standard InChI is InChI=1S/C15H25N5O2S2/c1-2-23-15-18-17-14(24-15)16-13(21)11-19-5-3-12(4-6-19)20-7-9-22-10-8-20/h12H,2-11H2,1H3,(H,16,17,21). The first-order valence-electron chi connectivity index (χ1n) is 8.55. The van der Waals surface area contributed by atoms with Crippen molar-refractivity contribution in [1.82, 2.24) is 20.0 Å². The molecule has 9 heteroatoms. The quantitative estimate of drug-likeness (QED) is 0.598. The van der Waals surface area contributed by atoms with Gasteiger partial charge >= 0.3 is 0 Å². The summed E-state index contributed by atoms with van der Waals surface area (Å²) in [5.74, 6) is 0.963. The number of piperidine rings is 1. The van der Waals surface area contributed by atoms with Crippen LogP contribution in [-0.4, -0.2) is 83.6 Å². The summed E-state index contributed by atoms with van der Waals surface area (Å²) >= 11 is 3.08. The Labute approximate surface area is 151 Å². The van der Waals surface area contributed by atoms with Crippen molar-refractivity contribution < 1.29 is 9.53 Å². The summed E-state index contributed by atoms with van der Waals surface area (Å²) in [6.07, 6.45) is 2.26. The Balaban J connectivity index is 1.39. The maximum atomic E-state index is 12.2. The molecule has 0 aliphatic carbocycles. The Morgan fingerprint density at radius 1 is 1.29 bits per heavy atom. The minimum Gasteiger partial charge on any atom is -0.379 e. The van der Waals surface area contributed by atoms with Gasteiger partial charge in [-0.2, -0.15) is 0 Å². The number of anilines is 1. The van der Waals surface area contributed by atoms with Crippen molar-refractivity contribution >= 4 is 34.1 Å². The van der Waals surface area contributed by atoms with Gasteiger partial charge in [0.15, 0.2) is 4.34 Å². The number of carbonyl (C=O) groups is 1. The molecular weight excluding hydrogens is 346 g/mol. The van der Waals surface area contributed by atoms with Gasteiger partial charge in [0.2, 0.25) is 11.0 Å². The molecule has 3 heterocycles. The van der Waals surface area contributed by atoms with Crippen LogP contribution in [0.25, 0.3) is 0 Å². The number of aromatic nitrogens is 2. The average molecular weight is 372 g/mol. The number of likely N-dealkylation sites (tertiary alicyclic amines) is 1. The zero-order valence-electron chi connectivity index (χ0n) is 14.1. The molecule has 0 spiro atoms. The average Bonchev–Trinajstić information content (AvgIpc) is 3.03. The summed E-state index contributed by atoms with van der Waals surface area (Å²) < 4.78 is 6.32. The second-order valence-corrected chi connectivity index (χ2v) is 8.50. The van der Waals surface area contributed by atoms with Gasteiger partial charge in [0, 0.05) is 32.2 Å². The van der Waals surface area contributed by atoms with E-state index in [9.17, 15) is 4.79 Å². The topological polar surface area (TPSA) is 70.6 Å². The molecule has 2 fully saturated rings. The van der Waals surface area contributed by atoms with E-state index in [1.807, 2.05) is 0 Å². The molecular formula is C15H25N5O2S2. The lowest BCUT2D eigenvalue weighted by molar-refractivity contribution is -0.117. The fourth-order valence-corrected chi connectivity index (χ4v) is 4.85. The summed E-state index contributed by atoms with van der Waals surface area (Å²) in [4.78, 5) is 17.0. The van der Waals surface area contributed by atoms with Crippen molar-refractivity contribution in [2.24, 2.45) is 0 Å². The van der Waals surface area contributed by atoms with Crippen molar-refractivity contribution in [2.45, 2.75) is 30.1 Å². The van der Waals surface area contributed by atoms with Gasteiger partial charge in [-0.25, -0.2) is 0 Å². The lowest BCUT2D eigenvalue weighted by atomic mass is 10.0. The maximum Gasteiger partial charge on any atom is 0.240 e. The molecule has 2 aliphatic heterocycles. The fourth-order valence-electron chi connectivity index (χ4n) is 3.19. The highest BCUT2D eigenvalue weighted by molar-refractivity contribution is 8.01. The van der Waals surface area contributed by atoms with Crippen LogP contribution in [0.15, 0.2) is 4.34 Å². The van der Waals surface area contributed by atoms with E-state index in [1.165, 1.54) is 11.3 Å². The monoisotopic (exact) mass is 371 g/mol. The van der Waals surface area contributed by atoms with Crippen molar-refractivity contribution in [2.75, 3.05) is 57.0 Å². The minimum atomic E-state index is 0.00372. The van der Waals surface area contributed by atoms with Gasteiger partial charge in [0.1, 0.15) is 0 Å². The number of morpholine rings is 1. The van der Waals surface area contributed by atoms with Gasteiger partial charge in [-0.05, 0) is 18.6 Å². The summed E-state index contributed by atoms with van der Waals surface area (Å²) in [7, 11) is 0. The molecule has 0 atom stereocenters. The Kier molecular flexibility index (Phi) is 6.85. The van der Waals surface area contributed by atoms with Gasteiger partial charge in [-0.3, -0.25) is 19.9 Å². The van der Waals surface area contributed by atoms with Crippen molar-refractivity contribution in [3.05, 3.63) is 0 Å². The van der Waals surface area contributed by atoms with Gasteiger partial charge in [-0.1, -0.05) is 30.0 Å². The molecule has 0 radical (unpaired) electrons. The lowest BCUT2D eigenvalue weighted by Gasteiger charge is -2.39. The van der Waals surface area contributed by atoms with E-state index in [4.69, 9.17) is 4.74 Å². The molecule has 0 aromatic carbocycles. The van der Waals surface area contributed by atoms with E-state index in [0.29, 0.717) is 17.7 Å². The van der Waals surface area contributed by atoms with Crippen LogP contribution in [-0.2, 0) is 9.53 Å². The van der Waals surface area contributed by atoms with E-state index >= 15 is 0 Å². The summed E-state index contributed by atoms with van der Waals surface area (Å²) in [6.45, 7) is 8.24. The SMILES string of the molecule is CCSc1nnc(NC(=O)CN2CCC(N3CCOCC3)CC2)s1.